The molecule has 1 atom stereocenters. The van der Waals surface area contributed by atoms with Crippen LogP contribution in [0.5, 0.6) is 0 Å². The summed E-state index contributed by atoms with van der Waals surface area (Å²) in [5, 5.41) is 11.4. The molecule has 0 saturated carbocycles. The molecule has 0 aliphatic rings. The summed E-state index contributed by atoms with van der Waals surface area (Å²) in [4.78, 5) is 22.6. The summed E-state index contributed by atoms with van der Waals surface area (Å²) in [6.45, 7) is 7.03. The second-order valence-corrected chi connectivity index (χ2v) is 4.82. The average Bonchev–Trinajstić information content (AvgIpc) is 2.15. The van der Waals surface area contributed by atoms with Crippen LogP contribution in [0.25, 0.3) is 0 Å². The van der Waals surface area contributed by atoms with Crippen molar-refractivity contribution in [2.45, 2.75) is 27.7 Å². The van der Waals surface area contributed by atoms with E-state index in [0.717, 1.165) is 0 Å². The average molecular weight is 225 g/mol. The van der Waals surface area contributed by atoms with Crippen LogP contribution in [0.4, 0.5) is 0 Å². The molecule has 0 heterocycles. The minimum absolute atomic E-state index is 0.0540. The highest BCUT2D eigenvalue weighted by Gasteiger charge is 2.28. The quantitative estimate of drug-likeness (QED) is 0.709. The Labute approximate surface area is 96.0 Å². The van der Waals surface area contributed by atoms with Crippen molar-refractivity contribution in [3.8, 4) is 6.07 Å². The van der Waals surface area contributed by atoms with Gasteiger partial charge in [0.05, 0.1) is 11.5 Å². The predicted octanol–water partition coefficient (Wildman–Crippen LogP) is 0.410. The van der Waals surface area contributed by atoms with Crippen LogP contribution in [0.2, 0.25) is 0 Å². The van der Waals surface area contributed by atoms with E-state index in [1.165, 1.54) is 0 Å². The summed E-state index contributed by atoms with van der Waals surface area (Å²) in [5.74, 6) is -1.58. The molecule has 90 valence electrons. The van der Waals surface area contributed by atoms with E-state index in [0.29, 0.717) is 0 Å². The molecule has 0 aliphatic carbocycles. The van der Waals surface area contributed by atoms with Crippen molar-refractivity contribution in [1.29, 1.82) is 5.26 Å². The Bertz CT molecular complexity index is 316. The van der Waals surface area contributed by atoms with Gasteiger partial charge >= 0.3 is 0 Å². The molecule has 2 amide bonds. The topological polar surface area (TPSA) is 96.0 Å². The van der Waals surface area contributed by atoms with Gasteiger partial charge in [-0.25, -0.2) is 0 Å². The van der Waals surface area contributed by atoms with Crippen molar-refractivity contribution in [1.82, 2.24) is 5.32 Å². The van der Waals surface area contributed by atoms with Crippen molar-refractivity contribution in [3.05, 3.63) is 0 Å². The zero-order valence-corrected chi connectivity index (χ0v) is 10.2. The van der Waals surface area contributed by atoms with E-state index in [1.54, 1.807) is 27.7 Å². The smallest absolute Gasteiger partial charge is 0.237 e. The molecule has 0 fully saturated rings. The molecular formula is C11H19N3O2. The van der Waals surface area contributed by atoms with Gasteiger partial charge in [-0.3, -0.25) is 9.59 Å². The number of amides is 2. The van der Waals surface area contributed by atoms with Gasteiger partial charge in [-0.15, -0.1) is 0 Å². The summed E-state index contributed by atoms with van der Waals surface area (Å²) < 4.78 is 0. The maximum absolute atomic E-state index is 11.6. The summed E-state index contributed by atoms with van der Waals surface area (Å²) >= 11 is 0. The first-order valence-corrected chi connectivity index (χ1v) is 5.19. The second kappa shape index (κ2) is 5.50. The number of carbonyl (C=O) groups is 2. The fraction of sp³-hybridized carbons (Fsp3) is 0.727. The van der Waals surface area contributed by atoms with Gasteiger partial charge < -0.3 is 11.1 Å². The number of nitrogens with two attached hydrogens (primary N) is 1. The maximum atomic E-state index is 11.6. The lowest BCUT2D eigenvalue weighted by Crippen LogP contribution is -2.44. The van der Waals surface area contributed by atoms with E-state index in [-0.39, 0.29) is 18.4 Å². The van der Waals surface area contributed by atoms with Crippen molar-refractivity contribution >= 4 is 11.8 Å². The molecule has 0 rings (SSSR count). The zero-order valence-electron chi connectivity index (χ0n) is 10.2. The fourth-order valence-electron chi connectivity index (χ4n) is 1.02. The van der Waals surface area contributed by atoms with Crippen LogP contribution in [-0.4, -0.2) is 18.4 Å². The Morgan fingerprint density at radius 1 is 1.44 bits per heavy atom. The molecule has 5 nitrogen and oxygen atoms in total. The van der Waals surface area contributed by atoms with Crippen LogP contribution in [-0.2, 0) is 9.59 Å². The number of hydrogen-bond acceptors (Lipinski definition) is 3. The molecule has 0 bridgehead atoms. The Kier molecular flexibility index (Phi) is 4.96. The van der Waals surface area contributed by atoms with Crippen LogP contribution in [0, 0.1) is 28.6 Å². The van der Waals surface area contributed by atoms with Crippen LogP contribution in [0.3, 0.4) is 0 Å². The molecule has 0 aliphatic heterocycles. The number of nitrogens with one attached hydrogen (secondary N) is 1. The normalized spacial score (nSPS) is 13.0. The van der Waals surface area contributed by atoms with Gasteiger partial charge in [0, 0.05) is 6.54 Å². The van der Waals surface area contributed by atoms with Gasteiger partial charge in [0.2, 0.25) is 11.8 Å². The highest BCUT2D eigenvalue weighted by Crippen LogP contribution is 2.14. The van der Waals surface area contributed by atoms with E-state index >= 15 is 0 Å². The molecule has 3 N–H and O–H groups in total. The Morgan fingerprint density at radius 2 is 1.94 bits per heavy atom. The van der Waals surface area contributed by atoms with Crippen LogP contribution in [0.1, 0.15) is 27.7 Å². The van der Waals surface area contributed by atoms with E-state index in [4.69, 9.17) is 11.0 Å². The van der Waals surface area contributed by atoms with Crippen LogP contribution < -0.4 is 11.1 Å². The first-order chi connectivity index (χ1) is 7.22. The lowest BCUT2D eigenvalue weighted by molar-refractivity contribution is -0.128. The van der Waals surface area contributed by atoms with Crippen molar-refractivity contribution in [2.24, 2.45) is 23.0 Å². The number of nitriles is 1. The molecule has 0 radical (unpaired) electrons. The largest absolute Gasteiger partial charge is 0.369 e. The number of carbonyl (C=O) groups excluding carboxylic acids is 2. The summed E-state index contributed by atoms with van der Waals surface area (Å²) in [7, 11) is 0. The zero-order chi connectivity index (χ0) is 12.9. The van der Waals surface area contributed by atoms with Gasteiger partial charge in [-0.2, -0.15) is 5.26 Å². The molecule has 1 unspecified atom stereocenters. The molecule has 16 heavy (non-hydrogen) atoms. The fourth-order valence-corrected chi connectivity index (χ4v) is 1.02. The SMILES string of the molecule is CC(C)C(C#N)C(=O)NCC(C)(C)C(N)=O. The summed E-state index contributed by atoms with van der Waals surface area (Å²) in [6, 6.07) is 1.94. The van der Waals surface area contributed by atoms with Gasteiger partial charge in [0.15, 0.2) is 0 Å². The standard InChI is InChI=1S/C11H19N3O2/c1-7(2)8(5-12)9(15)14-6-11(3,4)10(13)16/h7-8H,6H2,1-4H3,(H2,13,16)(H,14,15). The predicted molar refractivity (Wildman–Crippen MR) is 59.9 cm³/mol. The highest BCUT2D eigenvalue weighted by atomic mass is 16.2. The number of hydrogen-bond donors (Lipinski definition) is 2. The van der Waals surface area contributed by atoms with E-state index < -0.39 is 17.2 Å². The molecule has 0 saturated heterocycles. The third-order valence-electron chi connectivity index (χ3n) is 2.46. The van der Waals surface area contributed by atoms with Gasteiger partial charge in [0.25, 0.3) is 0 Å². The van der Waals surface area contributed by atoms with Crippen molar-refractivity contribution in [3.63, 3.8) is 0 Å². The minimum atomic E-state index is -0.799. The van der Waals surface area contributed by atoms with Gasteiger partial charge in [-0.1, -0.05) is 13.8 Å². The van der Waals surface area contributed by atoms with Crippen LogP contribution in [0.15, 0.2) is 0 Å². The lowest BCUT2D eigenvalue weighted by atomic mass is 9.91. The Morgan fingerprint density at radius 3 is 2.25 bits per heavy atom. The molecule has 0 spiro atoms. The van der Waals surface area contributed by atoms with Gasteiger partial charge in [0.1, 0.15) is 5.92 Å². The third-order valence-corrected chi connectivity index (χ3v) is 2.46. The Balaban J connectivity index is 4.39. The maximum Gasteiger partial charge on any atom is 0.237 e. The second-order valence-electron chi connectivity index (χ2n) is 4.82. The lowest BCUT2D eigenvalue weighted by Gasteiger charge is -2.22. The number of primary amides is 1. The van der Waals surface area contributed by atoms with E-state index in [2.05, 4.69) is 5.32 Å². The minimum Gasteiger partial charge on any atom is -0.369 e. The van der Waals surface area contributed by atoms with Gasteiger partial charge in [-0.05, 0) is 19.8 Å². The molecule has 0 aromatic heterocycles. The Hall–Kier alpha value is -1.57. The first-order valence-electron chi connectivity index (χ1n) is 5.19. The third kappa shape index (κ3) is 3.89. The van der Waals surface area contributed by atoms with Crippen molar-refractivity contribution in [2.75, 3.05) is 6.54 Å². The van der Waals surface area contributed by atoms with Crippen LogP contribution >= 0.6 is 0 Å². The van der Waals surface area contributed by atoms with E-state index in [1.807, 2.05) is 6.07 Å². The monoisotopic (exact) mass is 225 g/mol. The number of nitrogens with zero attached hydrogens (tertiary/aromatic N) is 1. The number of rotatable bonds is 5. The highest BCUT2D eigenvalue weighted by molar-refractivity contribution is 5.84. The summed E-state index contributed by atoms with van der Waals surface area (Å²) in [6.07, 6.45) is 0. The molecular weight excluding hydrogens is 206 g/mol. The van der Waals surface area contributed by atoms with Crippen molar-refractivity contribution < 1.29 is 9.59 Å². The first kappa shape index (κ1) is 14.4. The molecule has 0 aromatic rings. The molecule has 5 heteroatoms. The summed E-state index contributed by atoms with van der Waals surface area (Å²) in [5.41, 5.74) is 4.37. The van der Waals surface area contributed by atoms with E-state index in [9.17, 15) is 9.59 Å². The molecule has 0 aromatic carbocycles.